The predicted molar refractivity (Wildman–Crippen MR) is 141 cm³/mol. The Balaban J connectivity index is 1.74. The first-order valence-corrected chi connectivity index (χ1v) is 12.9. The number of rotatable bonds is 7. The fraction of sp³-hybridized carbons (Fsp3) is 0.500. The zero-order valence-corrected chi connectivity index (χ0v) is 21.5. The zero-order valence-electron chi connectivity index (χ0n) is 19.9. The molecule has 2 aromatic heterocycles. The molecule has 0 spiro atoms. The van der Waals surface area contributed by atoms with E-state index in [1.807, 2.05) is 19.1 Å². The average Bonchev–Trinajstić information content (AvgIpc) is 3.07. The molecule has 10 heteroatoms. The molecule has 182 valence electrons. The first kappa shape index (κ1) is 24.8. The van der Waals surface area contributed by atoms with Gasteiger partial charge in [-0.2, -0.15) is 0 Å². The Morgan fingerprint density at radius 3 is 2.59 bits per heavy atom. The maximum Gasteiger partial charge on any atom is 0.267 e. The van der Waals surface area contributed by atoms with Crippen molar-refractivity contribution in [2.75, 3.05) is 50.8 Å². The minimum absolute atomic E-state index is 0.124. The largest absolute Gasteiger partial charge is 0.395 e. The summed E-state index contributed by atoms with van der Waals surface area (Å²) in [6, 6.07) is 3.78. The monoisotopic (exact) mass is 501 g/mol. The van der Waals surface area contributed by atoms with E-state index in [0.29, 0.717) is 58.4 Å². The molecular formula is C24H31N5O3S2. The fourth-order valence-electron chi connectivity index (χ4n) is 4.15. The molecule has 2 saturated heterocycles. The third-order valence-electron chi connectivity index (χ3n) is 6.15. The van der Waals surface area contributed by atoms with Crippen LogP contribution in [-0.4, -0.2) is 80.4 Å². The van der Waals surface area contributed by atoms with Crippen molar-refractivity contribution >= 4 is 51.7 Å². The van der Waals surface area contributed by atoms with Crippen LogP contribution in [0.5, 0.6) is 0 Å². The lowest BCUT2D eigenvalue weighted by Gasteiger charge is -2.35. The number of amides is 1. The number of hydrogen-bond acceptors (Lipinski definition) is 8. The number of thioether (sulfide) groups is 1. The lowest BCUT2D eigenvalue weighted by atomic mass is 10.1. The molecule has 2 aliphatic heterocycles. The van der Waals surface area contributed by atoms with Gasteiger partial charge in [-0.1, -0.05) is 43.9 Å². The topological polar surface area (TPSA) is 81.4 Å². The predicted octanol–water partition coefficient (Wildman–Crippen LogP) is 2.36. The first-order chi connectivity index (χ1) is 16.3. The number of aryl methyl sites for hydroxylation is 1. The first-order valence-electron chi connectivity index (χ1n) is 11.6. The Bertz CT molecular complexity index is 1190. The number of anilines is 1. The molecule has 8 nitrogen and oxygen atoms in total. The molecule has 0 atom stereocenters. The van der Waals surface area contributed by atoms with Gasteiger partial charge in [0.2, 0.25) is 0 Å². The van der Waals surface area contributed by atoms with Gasteiger partial charge in [0.05, 0.1) is 17.1 Å². The quantitative estimate of drug-likeness (QED) is 0.458. The highest BCUT2D eigenvalue weighted by atomic mass is 32.2. The molecular weight excluding hydrogens is 470 g/mol. The van der Waals surface area contributed by atoms with Crippen molar-refractivity contribution in [1.82, 2.24) is 19.2 Å². The summed E-state index contributed by atoms with van der Waals surface area (Å²) in [5.41, 5.74) is 1.73. The molecule has 2 fully saturated rings. The summed E-state index contributed by atoms with van der Waals surface area (Å²) in [5, 5.41) is 9.25. The number of aromatic nitrogens is 2. The van der Waals surface area contributed by atoms with Gasteiger partial charge in [-0.25, -0.2) is 4.98 Å². The Morgan fingerprint density at radius 1 is 1.18 bits per heavy atom. The second-order valence-electron chi connectivity index (χ2n) is 9.16. The van der Waals surface area contributed by atoms with E-state index in [0.717, 1.165) is 25.1 Å². The second kappa shape index (κ2) is 10.6. The number of β-amino-alcohol motifs (C(OH)–C–C–N with tert-alkyl or cyclic N) is 1. The second-order valence-corrected chi connectivity index (χ2v) is 10.8. The minimum atomic E-state index is -0.200. The van der Waals surface area contributed by atoms with Gasteiger partial charge in [-0.3, -0.25) is 23.8 Å². The number of fused-ring (bicyclic) bond motifs is 1. The molecule has 0 aromatic carbocycles. The van der Waals surface area contributed by atoms with Crippen molar-refractivity contribution in [1.29, 1.82) is 0 Å². The number of aliphatic hydroxyl groups excluding tert-OH is 1. The molecule has 0 radical (unpaired) electrons. The number of aliphatic hydroxyl groups is 1. The third-order valence-corrected chi connectivity index (χ3v) is 7.53. The number of pyridine rings is 1. The molecule has 34 heavy (non-hydrogen) atoms. The SMILES string of the molecule is Cc1ccc2nc(N3CCN(CCO)CC3)c(C=C3SC(=S)N(CCC(C)C)C3=O)c(=O)n2c1. The smallest absolute Gasteiger partial charge is 0.267 e. The van der Waals surface area contributed by atoms with Crippen molar-refractivity contribution < 1.29 is 9.90 Å². The molecule has 0 unspecified atom stereocenters. The Morgan fingerprint density at radius 2 is 1.91 bits per heavy atom. The van der Waals surface area contributed by atoms with Gasteiger partial charge in [0.1, 0.15) is 15.8 Å². The maximum absolute atomic E-state index is 13.6. The summed E-state index contributed by atoms with van der Waals surface area (Å²) >= 11 is 6.72. The van der Waals surface area contributed by atoms with Crippen molar-refractivity contribution in [3.05, 3.63) is 44.7 Å². The van der Waals surface area contributed by atoms with Crippen molar-refractivity contribution in [2.45, 2.75) is 27.2 Å². The summed E-state index contributed by atoms with van der Waals surface area (Å²) in [6.45, 7) is 10.4. The van der Waals surface area contributed by atoms with Crippen molar-refractivity contribution in [2.24, 2.45) is 5.92 Å². The van der Waals surface area contributed by atoms with Crippen molar-refractivity contribution in [3.8, 4) is 0 Å². The summed E-state index contributed by atoms with van der Waals surface area (Å²) in [6.07, 6.45) is 4.32. The number of carbonyl (C=O) groups is 1. The van der Waals surface area contributed by atoms with Crippen LogP contribution in [0.2, 0.25) is 0 Å². The van der Waals surface area contributed by atoms with Gasteiger partial charge in [0.15, 0.2) is 0 Å². The van der Waals surface area contributed by atoms with Gasteiger partial charge in [0, 0.05) is 45.5 Å². The van der Waals surface area contributed by atoms with E-state index in [1.165, 1.54) is 11.8 Å². The molecule has 0 aliphatic carbocycles. The number of nitrogens with zero attached hydrogens (tertiary/aromatic N) is 5. The lowest BCUT2D eigenvalue weighted by Crippen LogP contribution is -2.48. The molecule has 2 aliphatic rings. The van der Waals surface area contributed by atoms with Crippen LogP contribution < -0.4 is 10.5 Å². The molecule has 2 aromatic rings. The number of piperazine rings is 1. The van der Waals surface area contributed by atoms with E-state index >= 15 is 0 Å². The normalized spacial score (nSPS) is 18.8. The molecule has 1 N–H and O–H groups in total. The standard InChI is InChI=1S/C24H31N5O3S2/c1-16(2)6-7-28-23(32)19(34-24(28)33)14-18-21(27-10-8-26(9-11-27)12-13-30)25-20-5-4-17(3)15-29(20)22(18)31/h4-5,14-16,30H,6-13H2,1-3H3. The Hall–Kier alpha value is -2.27. The zero-order chi connectivity index (χ0) is 24.4. The Kier molecular flexibility index (Phi) is 7.71. The van der Waals surface area contributed by atoms with E-state index in [-0.39, 0.29) is 18.1 Å². The van der Waals surface area contributed by atoms with Gasteiger partial charge < -0.3 is 10.0 Å². The third kappa shape index (κ3) is 5.19. The van der Waals surface area contributed by atoms with E-state index < -0.39 is 0 Å². The highest BCUT2D eigenvalue weighted by Crippen LogP contribution is 2.34. The molecule has 0 bridgehead atoms. The molecule has 1 amide bonds. The summed E-state index contributed by atoms with van der Waals surface area (Å²) in [4.78, 5) is 38.0. The molecule has 0 saturated carbocycles. The van der Waals surface area contributed by atoms with Crippen molar-refractivity contribution in [3.63, 3.8) is 0 Å². The molecule has 4 heterocycles. The van der Waals surface area contributed by atoms with Crippen LogP contribution in [0.4, 0.5) is 5.82 Å². The van der Waals surface area contributed by atoms with Crippen LogP contribution in [0, 0.1) is 12.8 Å². The van der Waals surface area contributed by atoms with E-state index in [2.05, 4.69) is 23.6 Å². The number of hydrogen-bond donors (Lipinski definition) is 1. The molecule has 4 rings (SSSR count). The van der Waals surface area contributed by atoms with Gasteiger partial charge in [-0.05, 0) is 37.0 Å². The van der Waals surface area contributed by atoms with Crippen LogP contribution in [-0.2, 0) is 4.79 Å². The highest BCUT2D eigenvalue weighted by Gasteiger charge is 2.33. The van der Waals surface area contributed by atoms with Gasteiger partial charge in [-0.15, -0.1) is 0 Å². The summed E-state index contributed by atoms with van der Waals surface area (Å²) in [5.74, 6) is 0.898. The van der Waals surface area contributed by atoms with E-state index in [9.17, 15) is 14.7 Å². The maximum atomic E-state index is 13.6. The average molecular weight is 502 g/mol. The lowest BCUT2D eigenvalue weighted by molar-refractivity contribution is -0.122. The highest BCUT2D eigenvalue weighted by molar-refractivity contribution is 8.26. The minimum Gasteiger partial charge on any atom is -0.395 e. The van der Waals surface area contributed by atoms with E-state index in [1.54, 1.807) is 21.6 Å². The Labute approximate surface area is 209 Å². The summed E-state index contributed by atoms with van der Waals surface area (Å²) in [7, 11) is 0. The fourth-order valence-corrected chi connectivity index (χ4v) is 5.44. The van der Waals surface area contributed by atoms with Crippen LogP contribution in [0.25, 0.3) is 11.7 Å². The van der Waals surface area contributed by atoms with E-state index in [4.69, 9.17) is 17.2 Å². The van der Waals surface area contributed by atoms with Gasteiger partial charge in [0.25, 0.3) is 11.5 Å². The van der Waals surface area contributed by atoms with Crippen LogP contribution >= 0.6 is 24.0 Å². The van der Waals surface area contributed by atoms with Gasteiger partial charge >= 0.3 is 0 Å². The number of carbonyl (C=O) groups excluding carboxylic acids is 1. The van der Waals surface area contributed by atoms with Crippen LogP contribution in [0.3, 0.4) is 0 Å². The van der Waals surface area contributed by atoms with Crippen LogP contribution in [0.1, 0.15) is 31.4 Å². The van der Waals surface area contributed by atoms with Crippen LogP contribution in [0.15, 0.2) is 28.0 Å². The summed E-state index contributed by atoms with van der Waals surface area (Å²) < 4.78 is 2.08. The number of thiocarbonyl (C=S) groups is 1.